The van der Waals surface area contributed by atoms with E-state index in [1.807, 2.05) is 41.5 Å². The van der Waals surface area contributed by atoms with E-state index in [1.165, 1.54) is 54.7 Å². The van der Waals surface area contributed by atoms with Crippen LogP contribution >= 0.6 is 15.9 Å². The number of rotatable bonds is 17. The van der Waals surface area contributed by atoms with Gasteiger partial charge >= 0.3 is 23.9 Å². The van der Waals surface area contributed by atoms with Crippen LogP contribution in [-0.4, -0.2) is 114 Å². The molecule has 0 unspecified atom stereocenters. The number of nitro benzene ring substituents is 2. The zero-order chi connectivity index (χ0) is 65.0. The number of ether oxygens (including phenoxy) is 7. The molecule has 490 valence electrons. The monoisotopic (exact) mass is 1390 g/mol. The molecule has 1 aliphatic carbocycles. The van der Waals surface area contributed by atoms with E-state index in [2.05, 4.69) is 36.5 Å². The maximum Gasteiger partial charge on any atom is 0.344 e. The molecule has 0 spiro atoms. The van der Waals surface area contributed by atoms with Gasteiger partial charge in [-0.3, -0.25) is 29.8 Å². The molecule has 4 aromatic carbocycles. The van der Waals surface area contributed by atoms with Gasteiger partial charge in [0.15, 0.2) is 19.8 Å². The van der Waals surface area contributed by atoms with Gasteiger partial charge in [-0.25, -0.2) is 19.4 Å². The number of amides is 1. The van der Waals surface area contributed by atoms with E-state index >= 15 is 0 Å². The Morgan fingerprint density at radius 1 is 0.625 bits per heavy atom. The summed E-state index contributed by atoms with van der Waals surface area (Å²) in [5.74, 6) is -0.0122. The molecule has 1 heterocycles. The maximum atomic E-state index is 11.9. The molecule has 0 aliphatic heterocycles. The van der Waals surface area contributed by atoms with Crippen LogP contribution in [0.3, 0.4) is 0 Å². The number of hydrogen-bond acceptors (Lipinski definition) is 23. The number of nitrogen functional groups attached to an aromatic ring is 1. The fourth-order valence-corrected chi connectivity index (χ4v) is 6.83. The first-order chi connectivity index (χ1) is 39.9. The predicted molar refractivity (Wildman–Crippen MR) is 335 cm³/mol. The number of hydrogen-bond donors (Lipinski definition) is 6. The quantitative estimate of drug-likeness (QED) is 0.00736. The van der Waals surface area contributed by atoms with Crippen molar-refractivity contribution in [1.82, 2.24) is 9.97 Å². The van der Waals surface area contributed by atoms with E-state index in [-0.39, 0.29) is 113 Å². The number of esters is 4. The number of nitrogens with two attached hydrogens (primary N) is 3. The van der Waals surface area contributed by atoms with Gasteiger partial charge in [-0.15, -0.1) is 0 Å². The molecule has 28 heteroatoms. The minimum Gasteiger partial charge on any atom is -0.508 e. The van der Waals surface area contributed by atoms with E-state index in [1.54, 1.807) is 90.1 Å². The second kappa shape index (κ2) is 38.2. The van der Waals surface area contributed by atoms with Crippen LogP contribution in [0.2, 0.25) is 0 Å². The number of non-ortho nitro benzene ring substituents is 2. The van der Waals surface area contributed by atoms with Crippen molar-refractivity contribution in [3.63, 3.8) is 0 Å². The minimum absolute atomic E-state index is 0. The standard InChI is InChI=1S/C23H32N6O4.C12H15NO5.C12H17NO3.C6H11BrO2.C6H5NO3.CH3.Pd.H2/c1-23(2,3)33-19(30)13-32-15-10-8-14(9-11-15)27-21-16(20(25)31)12-26-22(29-21)28-18-7-5-4-6-17(18)24;1-12(2,3)18-11(14)8-17-10-6-4-9(5-7-10)13(15)16;1-12(2,3)16-11(14)8-15-10-6-4-9(13)5-7-10;1-6(2,3)9-5(8)4-7;8-6-3-1-5(2-4-6)7(9)10;;;/h8-12,17-18H,4-7,13,24H2,1-3H3,(H2,25,31)(H2,26,27,28,29);4-7H,8H2,1-3H3;4-7H,8,13H2,1-3H3;4H2,1-3H3;1-4,8H;1H3;;1H/q;;;;;-1;;/t17-,18+;;;;;;;/m0......./s1. The Morgan fingerprint density at radius 2 is 0.989 bits per heavy atom. The first kappa shape index (κ1) is 79.8. The third-order valence-electron chi connectivity index (χ3n) is 10.2. The number of carbonyl (C=O) groups excluding carboxylic acids is 5. The van der Waals surface area contributed by atoms with Crippen molar-refractivity contribution >= 4 is 80.2 Å². The number of phenols is 1. The van der Waals surface area contributed by atoms with Crippen LogP contribution in [0.25, 0.3) is 0 Å². The Hall–Kier alpha value is -8.19. The summed E-state index contributed by atoms with van der Waals surface area (Å²) >= 11 is 2.99. The Labute approximate surface area is 537 Å². The molecule has 1 saturated carbocycles. The predicted octanol–water partition coefficient (Wildman–Crippen LogP) is 10.7. The van der Waals surface area contributed by atoms with Crippen molar-refractivity contribution in [3.05, 3.63) is 136 Å². The van der Waals surface area contributed by atoms with Crippen LogP contribution in [0, 0.1) is 27.7 Å². The SMILES string of the molecule is CC(C)(C)OC(=O)CBr.CC(C)(C)OC(=O)COc1ccc(N)cc1.CC(C)(C)OC(=O)COc1ccc(Nc2nc(N[C@@H]3CCCC[C@@H]3N)ncc2C(N)=O)cc1.CC(C)(C)OC(=O)COc1ccc([N+](=O)[O-])cc1.O=[N+]([O-])c1ccc(O)cc1.[CH3-].[HH].[Pd]. The Morgan fingerprint density at radius 3 is 1.34 bits per heavy atom. The number of benzene rings is 4. The van der Waals surface area contributed by atoms with E-state index in [0.717, 1.165) is 25.7 Å². The number of nitrogens with one attached hydrogen (secondary N) is 2. The molecule has 88 heavy (non-hydrogen) atoms. The summed E-state index contributed by atoms with van der Waals surface area (Å²) in [5.41, 5.74) is 16.7. The average molecular weight is 1390 g/mol. The van der Waals surface area contributed by atoms with Crippen molar-refractivity contribution in [2.45, 2.75) is 143 Å². The van der Waals surface area contributed by atoms with E-state index in [4.69, 9.17) is 55.5 Å². The van der Waals surface area contributed by atoms with Crippen molar-refractivity contribution in [2.75, 3.05) is 41.5 Å². The summed E-state index contributed by atoms with van der Waals surface area (Å²) < 4.78 is 36.1. The molecule has 0 radical (unpaired) electrons. The van der Waals surface area contributed by atoms with Gasteiger partial charge in [0.2, 0.25) is 5.95 Å². The molecule has 6 rings (SSSR count). The smallest absolute Gasteiger partial charge is 0.344 e. The summed E-state index contributed by atoms with van der Waals surface area (Å²) in [6.45, 7) is 21.1. The van der Waals surface area contributed by atoms with E-state index in [0.29, 0.717) is 34.6 Å². The summed E-state index contributed by atoms with van der Waals surface area (Å²) in [5, 5.41) is 35.8. The second-order valence-electron chi connectivity index (χ2n) is 22.6. The van der Waals surface area contributed by atoms with Crippen molar-refractivity contribution < 1.29 is 93.9 Å². The molecule has 1 fully saturated rings. The van der Waals surface area contributed by atoms with Gasteiger partial charge in [0, 0.05) is 75.8 Å². The van der Waals surface area contributed by atoms with Gasteiger partial charge in [0.1, 0.15) is 62.1 Å². The summed E-state index contributed by atoms with van der Waals surface area (Å²) in [4.78, 5) is 85.0. The Kier molecular flexibility index (Phi) is 34.6. The van der Waals surface area contributed by atoms with Crippen LogP contribution in [0.4, 0.5) is 34.5 Å². The molecule has 0 bridgehead atoms. The number of alkyl halides is 1. The summed E-state index contributed by atoms with van der Waals surface area (Å²) in [6.07, 6.45) is 5.50. The number of halogens is 1. The molecule has 1 aliphatic rings. The zero-order valence-corrected chi connectivity index (χ0v) is 55.0. The number of nitrogens with zero attached hydrogens (tertiary/aromatic N) is 4. The molecule has 2 atom stereocenters. The van der Waals surface area contributed by atoms with Crippen LogP contribution in [0.15, 0.2) is 103 Å². The van der Waals surface area contributed by atoms with Crippen molar-refractivity contribution in [2.24, 2.45) is 11.5 Å². The number of carbonyl (C=O) groups is 5. The molecular formula is C60H85BrN9O17Pd-. The number of aromatic nitrogens is 2. The third kappa shape index (κ3) is 36.1. The normalized spacial score (nSPS) is 13.2. The molecule has 1 amide bonds. The van der Waals surface area contributed by atoms with E-state index in [9.17, 15) is 44.2 Å². The van der Waals surface area contributed by atoms with Crippen molar-refractivity contribution in [3.8, 4) is 23.0 Å². The van der Waals surface area contributed by atoms with Gasteiger partial charge < -0.3 is 73.5 Å². The molecule has 1 aromatic heterocycles. The maximum absolute atomic E-state index is 11.9. The van der Waals surface area contributed by atoms with Gasteiger partial charge in [0.25, 0.3) is 17.3 Å². The Bertz CT molecular complexity index is 2980. The van der Waals surface area contributed by atoms with Gasteiger partial charge in [-0.1, -0.05) is 28.8 Å². The zero-order valence-electron chi connectivity index (χ0n) is 51.8. The minimum atomic E-state index is -0.643. The number of anilines is 4. The molecular weight excluding hydrogens is 1310 g/mol. The topological polar surface area (TPSA) is 384 Å². The van der Waals surface area contributed by atoms with Gasteiger partial charge in [-0.2, -0.15) is 4.98 Å². The second-order valence-corrected chi connectivity index (χ2v) is 23.2. The first-order valence-corrected chi connectivity index (χ1v) is 27.9. The molecule has 26 nitrogen and oxygen atoms in total. The molecule has 5 aromatic rings. The van der Waals surface area contributed by atoms with Gasteiger partial charge in [-0.05, 0) is 169 Å². The fraction of sp³-hybridized carbons (Fsp3) is 0.433. The Balaban J connectivity index is 0. The fourth-order valence-electron chi connectivity index (χ4n) is 6.71. The van der Waals surface area contributed by atoms with Crippen LogP contribution in [0.5, 0.6) is 23.0 Å². The number of primary amides is 1. The third-order valence-corrected chi connectivity index (χ3v) is 10.6. The largest absolute Gasteiger partial charge is 0.508 e. The summed E-state index contributed by atoms with van der Waals surface area (Å²) in [7, 11) is 0. The van der Waals surface area contributed by atoms with Crippen LogP contribution in [0.1, 0.15) is 121 Å². The first-order valence-electron chi connectivity index (χ1n) is 26.8. The molecule has 9 N–H and O–H groups in total. The van der Waals surface area contributed by atoms with E-state index < -0.39 is 44.5 Å². The number of nitro groups is 2. The van der Waals surface area contributed by atoms with Gasteiger partial charge in [0.05, 0.1) is 9.85 Å². The number of phenolic OH excluding ortho intramolecular Hbond substituents is 1. The summed E-state index contributed by atoms with van der Waals surface area (Å²) in [6, 6.07) is 24.3. The average Bonchev–Trinajstić information content (AvgIpc) is 2.59. The van der Waals surface area contributed by atoms with Crippen molar-refractivity contribution in [1.29, 1.82) is 0 Å². The van der Waals surface area contributed by atoms with Crippen LogP contribution < -0.4 is 42.0 Å². The van der Waals surface area contributed by atoms with Crippen LogP contribution in [-0.2, 0) is 58.5 Å². The number of aromatic hydroxyl groups is 1. The molecule has 0 saturated heterocycles.